The fourth-order valence-electron chi connectivity index (χ4n) is 2.96. The van der Waals surface area contributed by atoms with Crippen LogP contribution in [0.25, 0.3) is 0 Å². The number of nitrogens with one attached hydrogen (secondary N) is 2. The van der Waals surface area contributed by atoms with Crippen molar-refractivity contribution in [2.75, 3.05) is 13.1 Å². The summed E-state index contributed by atoms with van der Waals surface area (Å²) < 4.78 is 0. The van der Waals surface area contributed by atoms with Crippen molar-refractivity contribution in [3.05, 3.63) is 0 Å². The lowest BCUT2D eigenvalue weighted by atomic mass is 9.94. The molecule has 0 aromatic heterocycles. The zero-order valence-corrected chi connectivity index (χ0v) is 10.7. The Morgan fingerprint density at radius 1 is 1.11 bits per heavy atom. The predicted molar refractivity (Wildman–Crippen MR) is 67.1 cm³/mol. The van der Waals surface area contributed by atoms with Crippen LogP contribution in [0.4, 0.5) is 0 Å². The largest absolute Gasteiger partial charge is 0.481 e. The molecule has 3 N–H and O–H groups in total. The van der Waals surface area contributed by atoms with Crippen molar-refractivity contribution in [1.29, 1.82) is 0 Å². The zero-order chi connectivity index (χ0) is 13.0. The van der Waals surface area contributed by atoms with E-state index >= 15 is 0 Å². The Labute approximate surface area is 107 Å². The van der Waals surface area contributed by atoms with Crippen molar-refractivity contribution < 1.29 is 14.7 Å². The lowest BCUT2D eigenvalue weighted by molar-refractivity contribution is -0.143. The highest BCUT2D eigenvalue weighted by atomic mass is 16.4. The van der Waals surface area contributed by atoms with Crippen LogP contribution in [0.1, 0.15) is 38.5 Å². The second kappa shape index (κ2) is 6.18. The van der Waals surface area contributed by atoms with Gasteiger partial charge in [0.05, 0.1) is 11.8 Å². The molecule has 3 unspecified atom stereocenters. The van der Waals surface area contributed by atoms with E-state index in [1.54, 1.807) is 0 Å². The van der Waals surface area contributed by atoms with Crippen molar-refractivity contribution in [3.8, 4) is 0 Å². The lowest BCUT2D eigenvalue weighted by Gasteiger charge is -2.24. The molecule has 2 fully saturated rings. The number of amides is 1. The molecule has 1 saturated heterocycles. The van der Waals surface area contributed by atoms with Crippen LogP contribution < -0.4 is 10.6 Å². The first-order chi connectivity index (χ1) is 8.68. The second-order valence-electron chi connectivity index (χ2n) is 5.39. The fourth-order valence-corrected chi connectivity index (χ4v) is 2.96. The van der Waals surface area contributed by atoms with E-state index in [1.807, 2.05) is 0 Å². The minimum atomic E-state index is -0.772. The molecule has 1 amide bonds. The zero-order valence-electron chi connectivity index (χ0n) is 10.7. The van der Waals surface area contributed by atoms with E-state index in [4.69, 9.17) is 0 Å². The molecule has 5 nitrogen and oxygen atoms in total. The SMILES string of the molecule is O=C(NC1CCCCCC1C(=O)O)C1CCNC1. The highest BCUT2D eigenvalue weighted by Crippen LogP contribution is 2.24. The molecular weight excluding hydrogens is 232 g/mol. The molecule has 0 bridgehead atoms. The standard InChI is InChI=1S/C13H22N2O3/c16-12(9-6-7-14-8-9)15-11-5-3-1-2-4-10(11)13(17)18/h9-11,14H,1-8H2,(H,15,16)(H,17,18). The average molecular weight is 254 g/mol. The number of carboxylic acids is 1. The highest BCUT2D eigenvalue weighted by Gasteiger charge is 2.32. The van der Waals surface area contributed by atoms with Crippen LogP contribution in [0.2, 0.25) is 0 Å². The number of hydrogen-bond donors (Lipinski definition) is 3. The van der Waals surface area contributed by atoms with Gasteiger partial charge in [-0.1, -0.05) is 19.3 Å². The van der Waals surface area contributed by atoms with Crippen LogP contribution in [-0.2, 0) is 9.59 Å². The Morgan fingerprint density at radius 2 is 1.89 bits per heavy atom. The van der Waals surface area contributed by atoms with Gasteiger partial charge in [-0.3, -0.25) is 9.59 Å². The summed E-state index contributed by atoms with van der Waals surface area (Å²) in [6.45, 7) is 1.60. The summed E-state index contributed by atoms with van der Waals surface area (Å²) in [6.07, 6.45) is 5.37. The van der Waals surface area contributed by atoms with Gasteiger partial charge >= 0.3 is 5.97 Å². The molecule has 1 aliphatic heterocycles. The number of rotatable bonds is 3. The Morgan fingerprint density at radius 3 is 2.56 bits per heavy atom. The third kappa shape index (κ3) is 3.22. The second-order valence-corrected chi connectivity index (χ2v) is 5.39. The first kappa shape index (κ1) is 13.3. The van der Waals surface area contributed by atoms with Gasteiger partial charge in [-0.15, -0.1) is 0 Å². The summed E-state index contributed by atoms with van der Waals surface area (Å²) in [4.78, 5) is 23.3. The van der Waals surface area contributed by atoms with E-state index in [0.29, 0.717) is 6.42 Å². The Balaban J connectivity index is 1.95. The molecule has 1 heterocycles. The minimum absolute atomic E-state index is 0.0164. The van der Waals surface area contributed by atoms with Crippen molar-refractivity contribution in [1.82, 2.24) is 10.6 Å². The molecule has 3 atom stereocenters. The van der Waals surface area contributed by atoms with Gasteiger partial charge in [0, 0.05) is 12.6 Å². The number of hydrogen-bond acceptors (Lipinski definition) is 3. The van der Waals surface area contributed by atoms with Crippen LogP contribution >= 0.6 is 0 Å². The molecule has 0 aromatic rings. The summed E-state index contributed by atoms with van der Waals surface area (Å²) in [5, 5.41) is 15.4. The molecule has 18 heavy (non-hydrogen) atoms. The summed E-state index contributed by atoms with van der Waals surface area (Å²) in [6, 6.07) is -0.182. The van der Waals surface area contributed by atoms with Crippen molar-refractivity contribution >= 4 is 11.9 Å². The van der Waals surface area contributed by atoms with E-state index in [9.17, 15) is 14.7 Å². The minimum Gasteiger partial charge on any atom is -0.481 e. The number of aliphatic carboxylic acids is 1. The van der Waals surface area contributed by atoms with Gasteiger partial charge in [0.25, 0.3) is 0 Å². The number of carbonyl (C=O) groups is 2. The molecule has 0 aromatic carbocycles. The maximum atomic E-state index is 12.0. The first-order valence-electron chi connectivity index (χ1n) is 6.92. The Bertz CT molecular complexity index is 313. The number of carboxylic acid groups (broad SMARTS) is 1. The summed E-state index contributed by atoms with van der Waals surface area (Å²) in [7, 11) is 0. The summed E-state index contributed by atoms with van der Waals surface area (Å²) in [5.41, 5.74) is 0. The smallest absolute Gasteiger partial charge is 0.308 e. The van der Waals surface area contributed by atoms with Crippen molar-refractivity contribution in [2.45, 2.75) is 44.6 Å². The predicted octanol–water partition coefficient (Wildman–Crippen LogP) is 0.746. The van der Waals surface area contributed by atoms with E-state index in [2.05, 4.69) is 10.6 Å². The van der Waals surface area contributed by atoms with Crippen LogP contribution in [0.15, 0.2) is 0 Å². The van der Waals surface area contributed by atoms with Gasteiger partial charge in [0.15, 0.2) is 0 Å². The molecule has 2 rings (SSSR count). The summed E-state index contributed by atoms with van der Waals surface area (Å²) >= 11 is 0. The third-order valence-electron chi connectivity index (χ3n) is 4.09. The van der Waals surface area contributed by atoms with Gasteiger partial charge in [0.2, 0.25) is 5.91 Å². The first-order valence-corrected chi connectivity index (χ1v) is 6.92. The molecular formula is C13H22N2O3. The van der Waals surface area contributed by atoms with Gasteiger partial charge in [-0.05, 0) is 25.8 Å². The molecule has 1 aliphatic carbocycles. The van der Waals surface area contributed by atoms with Crippen molar-refractivity contribution in [2.24, 2.45) is 11.8 Å². The van der Waals surface area contributed by atoms with Gasteiger partial charge < -0.3 is 15.7 Å². The van der Waals surface area contributed by atoms with Crippen LogP contribution in [0, 0.1) is 11.8 Å². The van der Waals surface area contributed by atoms with Crippen LogP contribution in [0.5, 0.6) is 0 Å². The molecule has 5 heteroatoms. The van der Waals surface area contributed by atoms with Gasteiger partial charge in [-0.25, -0.2) is 0 Å². The normalized spacial score (nSPS) is 32.8. The third-order valence-corrected chi connectivity index (χ3v) is 4.09. The molecule has 0 radical (unpaired) electrons. The maximum Gasteiger partial charge on any atom is 0.308 e. The maximum absolute atomic E-state index is 12.0. The van der Waals surface area contributed by atoms with E-state index in [1.165, 1.54) is 0 Å². The average Bonchev–Trinajstić information content (AvgIpc) is 2.77. The summed E-state index contributed by atoms with van der Waals surface area (Å²) in [5.74, 6) is -1.14. The van der Waals surface area contributed by atoms with Gasteiger partial charge in [0.1, 0.15) is 0 Å². The van der Waals surface area contributed by atoms with E-state index in [-0.39, 0.29) is 17.9 Å². The highest BCUT2D eigenvalue weighted by molar-refractivity contribution is 5.80. The molecule has 102 valence electrons. The topological polar surface area (TPSA) is 78.4 Å². The van der Waals surface area contributed by atoms with E-state index < -0.39 is 11.9 Å². The molecule has 2 aliphatic rings. The fraction of sp³-hybridized carbons (Fsp3) is 0.846. The Kier molecular flexibility index (Phi) is 4.58. The monoisotopic (exact) mass is 254 g/mol. The van der Waals surface area contributed by atoms with Gasteiger partial charge in [-0.2, -0.15) is 0 Å². The quantitative estimate of drug-likeness (QED) is 0.649. The van der Waals surface area contributed by atoms with Crippen LogP contribution in [-0.4, -0.2) is 36.1 Å². The molecule has 1 saturated carbocycles. The molecule has 0 spiro atoms. The van der Waals surface area contributed by atoms with Crippen LogP contribution in [0.3, 0.4) is 0 Å². The van der Waals surface area contributed by atoms with E-state index in [0.717, 1.165) is 45.2 Å². The number of carbonyl (C=O) groups excluding carboxylic acids is 1. The lowest BCUT2D eigenvalue weighted by Crippen LogP contribution is -2.45. The Hall–Kier alpha value is -1.10. The van der Waals surface area contributed by atoms with Crippen molar-refractivity contribution in [3.63, 3.8) is 0 Å².